The molecule has 0 N–H and O–H groups in total. The van der Waals surface area contributed by atoms with Crippen LogP contribution in [0.1, 0.15) is 22.3 Å². The fourth-order valence-electron chi connectivity index (χ4n) is 9.29. The standard InChI is InChI=1S/C55H37NS/c1-4-17-38(18-5-1)39-33-35-43(36-34-39)56(42-22-8-3-9-23-42)44-24-14-19-40(37-44)45-27-15-28-48-49-29-16-32-52(54(49)57-53(45)48)55(41-20-6-2-7-21-41)50-30-12-10-25-46(50)47-26-11-13-31-51(47)55/h1-37H. The van der Waals surface area contributed by atoms with Gasteiger partial charge in [0.2, 0.25) is 0 Å². The summed E-state index contributed by atoms with van der Waals surface area (Å²) in [7, 11) is 0. The minimum absolute atomic E-state index is 0.457. The fraction of sp³-hybridized carbons (Fsp3) is 0.0182. The Labute approximate surface area is 337 Å². The molecule has 1 heterocycles. The summed E-state index contributed by atoms with van der Waals surface area (Å²) >= 11 is 1.93. The van der Waals surface area contributed by atoms with Crippen molar-refractivity contribution in [2.45, 2.75) is 5.41 Å². The predicted molar refractivity (Wildman–Crippen MR) is 242 cm³/mol. The van der Waals surface area contributed by atoms with Gasteiger partial charge < -0.3 is 4.90 Å². The monoisotopic (exact) mass is 743 g/mol. The Hall–Kier alpha value is -7.00. The number of hydrogen-bond acceptors (Lipinski definition) is 2. The molecule has 268 valence electrons. The molecule has 0 radical (unpaired) electrons. The molecule has 2 heteroatoms. The third-order valence-electron chi connectivity index (χ3n) is 11.7. The van der Waals surface area contributed by atoms with Gasteiger partial charge in [0.25, 0.3) is 0 Å². The van der Waals surface area contributed by atoms with E-state index in [-0.39, 0.29) is 0 Å². The van der Waals surface area contributed by atoms with Crippen molar-refractivity contribution in [2.75, 3.05) is 4.90 Å². The fourth-order valence-corrected chi connectivity index (χ4v) is 10.7. The van der Waals surface area contributed by atoms with E-state index in [9.17, 15) is 0 Å². The topological polar surface area (TPSA) is 3.24 Å². The Kier molecular flexibility index (Phi) is 7.98. The lowest BCUT2D eigenvalue weighted by Crippen LogP contribution is -2.28. The predicted octanol–water partition coefficient (Wildman–Crippen LogP) is 15.2. The van der Waals surface area contributed by atoms with Crippen LogP contribution in [-0.4, -0.2) is 0 Å². The smallest absolute Gasteiger partial charge is 0.0727 e. The first-order valence-electron chi connectivity index (χ1n) is 19.6. The number of nitrogens with zero attached hydrogens (tertiary/aromatic N) is 1. The molecular weight excluding hydrogens is 707 g/mol. The second-order valence-corrected chi connectivity index (χ2v) is 15.8. The van der Waals surface area contributed by atoms with Crippen LogP contribution in [0.25, 0.3) is 53.6 Å². The highest BCUT2D eigenvalue weighted by molar-refractivity contribution is 7.26. The van der Waals surface area contributed by atoms with Crippen LogP contribution in [0.15, 0.2) is 224 Å². The van der Waals surface area contributed by atoms with Crippen molar-refractivity contribution in [3.63, 3.8) is 0 Å². The molecule has 0 spiro atoms. The SMILES string of the molecule is c1ccc(-c2ccc(N(c3ccccc3)c3cccc(-c4cccc5c4sc4c(C6(c7ccccc7)c7ccccc7-c7ccccc76)cccc45)c3)cc2)cc1. The number of para-hydroxylation sites is 1. The Balaban J connectivity index is 1.09. The van der Waals surface area contributed by atoms with Crippen LogP contribution >= 0.6 is 11.3 Å². The summed E-state index contributed by atoms with van der Waals surface area (Å²) in [6, 6.07) is 82.2. The Morgan fingerprint density at radius 1 is 0.316 bits per heavy atom. The molecule has 0 atom stereocenters. The molecule has 9 aromatic carbocycles. The minimum Gasteiger partial charge on any atom is -0.310 e. The van der Waals surface area contributed by atoms with Gasteiger partial charge in [0, 0.05) is 37.2 Å². The zero-order valence-electron chi connectivity index (χ0n) is 31.2. The summed E-state index contributed by atoms with van der Waals surface area (Å²) in [6.07, 6.45) is 0. The average molecular weight is 744 g/mol. The van der Waals surface area contributed by atoms with Crippen molar-refractivity contribution in [3.05, 3.63) is 247 Å². The zero-order valence-corrected chi connectivity index (χ0v) is 32.0. The van der Waals surface area contributed by atoms with E-state index in [4.69, 9.17) is 0 Å². The quantitative estimate of drug-likeness (QED) is 0.157. The third kappa shape index (κ3) is 5.29. The van der Waals surface area contributed by atoms with Gasteiger partial charge in [0.15, 0.2) is 0 Å². The van der Waals surface area contributed by atoms with Crippen molar-refractivity contribution in [2.24, 2.45) is 0 Å². The van der Waals surface area contributed by atoms with Crippen LogP contribution in [-0.2, 0) is 5.41 Å². The number of thiophene rings is 1. The van der Waals surface area contributed by atoms with Gasteiger partial charge in [-0.1, -0.05) is 188 Å². The lowest BCUT2D eigenvalue weighted by molar-refractivity contribution is 0.778. The van der Waals surface area contributed by atoms with Crippen LogP contribution in [0.5, 0.6) is 0 Å². The minimum atomic E-state index is -0.457. The van der Waals surface area contributed by atoms with Gasteiger partial charge in [-0.25, -0.2) is 0 Å². The molecule has 0 amide bonds. The van der Waals surface area contributed by atoms with E-state index >= 15 is 0 Å². The summed E-state index contributed by atoms with van der Waals surface area (Å²) in [5, 5.41) is 2.59. The molecule has 0 fully saturated rings. The van der Waals surface area contributed by atoms with Crippen molar-refractivity contribution in [3.8, 4) is 33.4 Å². The molecular formula is C55H37NS. The molecule has 10 aromatic rings. The summed E-state index contributed by atoms with van der Waals surface area (Å²) in [6.45, 7) is 0. The first-order valence-corrected chi connectivity index (χ1v) is 20.4. The number of hydrogen-bond donors (Lipinski definition) is 0. The van der Waals surface area contributed by atoms with Crippen LogP contribution in [0.4, 0.5) is 17.1 Å². The maximum Gasteiger partial charge on any atom is 0.0727 e. The lowest BCUT2D eigenvalue weighted by Gasteiger charge is -2.34. The summed E-state index contributed by atoms with van der Waals surface area (Å²) in [4.78, 5) is 2.36. The summed E-state index contributed by atoms with van der Waals surface area (Å²) in [5.41, 5.74) is 15.7. The average Bonchev–Trinajstić information content (AvgIpc) is 3.82. The maximum atomic E-state index is 2.38. The van der Waals surface area contributed by atoms with E-state index in [1.807, 2.05) is 11.3 Å². The van der Waals surface area contributed by atoms with Crippen molar-refractivity contribution < 1.29 is 0 Å². The Morgan fingerprint density at radius 2 is 0.789 bits per heavy atom. The molecule has 57 heavy (non-hydrogen) atoms. The highest BCUT2D eigenvalue weighted by Gasteiger charge is 2.47. The molecule has 1 aliphatic carbocycles. The Morgan fingerprint density at radius 3 is 1.49 bits per heavy atom. The highest BCUT2D eigenvalue weighted by Crippen LogP contribution is 2.58. The first-order chi connectivity index (χ1) is 28.3. The van der Waals surface area contributed by atoms with Gasteiger partial charge in [-0.3, -0.25) is 0 Å². The van der Waals surface area contributed by atoms with E-state index in [1.54, 1.807) is 0 Å². The van der Waals surface area contributed by atoms with E-state index < -0.39 is 5.41 Å². The molecule has 0 unspecified atom stereocenters. The van der Waals surface area contributed by atoms with E-state index in [2.05, 4.69) is 229 Å². The van der Waals surface area contributed by atoms with Gasteiger partial charge in [-0.2, -0.15) is 0 Å². The van der Waals surface area contributed by atoms with Crippen LogP contribution in [0.3, 0.4) is 0 Å². The maximum absolute atomic E-state index is 2.38. The van der Waals surface area contributed by atoms with E-state index in [0.717, 1.165) is 17.1 Å². The van der Waals surface area contributed by atoms with E-state index in [1.165, 1.54) is 75.8 Å². The van der Waals surface area contributed by atoms with E-state index in [0.29, 0.717) is 0 Å². The second kappa shape index (κ2) is 13.6. The first kappa shape index (κ1) is 33.3. The number of fused-ring (bicyclic) bond motifs is 6. The van der Waals surface area contributed by atoms with Gasteiger partial charge in [-0.05, 0) is 92.0 Å². The van der Waals surface area contributed by atoms with Crippen molar-refractivity contribution in [1.29, 1.82) is 0 Å². The second-order valence-electron chi connectivity index (χ2n) is 14.8. The lowest BCUT2D eigenvalue weighted by atomic mass is 9.67. The molecule has 0 aliphatic heterocycles. The molecule has 0 saturated carbocycles. The molecule has 0 saturated heterocycles. The highest BCUT2D eigenvalue weighted by atomic mass is 32.1. The molecule has 1 nitrogen and oxygen atoms in total. The molecule has 11 rings (SSSR count). The normalized spacial score (nSPS) is 12.7. The summed E-state index contributed by atoms with van der Waals surface area (Å²) in [5.74, 6) is 0. The van der Waals surface area contributed by atoms with Gasteiger partial charge in [0.1, 0.15) is 0 Å². The largest absolute Gasteiger partial charge is 0.310 e. The molecule has 1 aliphatic rings. The van der Waals surface area contributed by atoms with Gasteiger partial charge in [-0.15, -0.1) is 11.3 Å². The third-order valence-corrected chi connectivity index (χ3v) is 13.0. The van der Waals surface area contributed by atoms with Crippen LogP contribution in [0, 0.1) is 0 Å². The Bertz CT molecular complexity index is 3010. The number of benzene rings is 9. The van der Waals surface area contributed by atoms with Crippen LogP contribution in [0.2, 0.25) is 0 Å². The van der Waals surface area contributed by atoms with Crippen LogP contribution < -0.4 is 4.90 Å². The van der Waals surface area contributed by atoms with Crippen molar-refractivity contribution >= 4 is 48.6 Å². The van der Waals surface area contributed by atoms with Gasteiger partial charge >= 0.3 is 0 Å². The summed E-state index contributed by atoms with van der Waals surface area (Å²) < 4.78 is 2.63. The van der Waals surface area contributed by atoms with Crippen molar-refractivity contribution in [1.82, 2.24) is 0 Å². The van der Waals surface area contributed by atoms with Gasteiger partial charge in [0.05, 0.1) is 5.41 Å². The zero-order chi connectivity index (χ0) is 37.8. The number of rotatable bonds is 7. The number of anilines is 3. The molecule has 0 bridgehead atoms. The molecule has 1 aromatic heterocycles.